The van der Waals surface area contributed by atoms with Gasteiger partial charge in [-0.15, -0.1) is 0 Å². The number of piperidine rings is 1. The van der Waals surface area contributed by atoms with Crippen LogP contribution in [0.5, 0.6) is 0 Å². The molecule has 1 saturated heterocycles. The normalized spacial score (nSPS) is 19.4. The first kappa shape index (κ1) is 12.6. The predicted molar refractivity (Wildman–Crippen MR) is 71.6 cm³/mol. The van der Waals surface area contributed by atoms with E-state index >= 15 is 0 Å². The maximum atomic E-state index is 11.7. The molecule has 0 saturated carbocycles. The molecule has 1 aromatic rings. The highest BCUT2D eigenvalue weighted by molar-refractivity contribution is 5.85. The Labute approximate surface area is 108 Å². The molecule has 1 aromatic carbocycles. The van der Waals surface area contributed by atoms with Crippen molar-refractivity contribution in [1.29, 1.82) is 5.26 Å². The van der Waals surface area contributed by atoms with E-state index in [0.717, 1.165) is 37.1 Å². The summed E-state index contributed by atoms with van der Waals surface area (Å²) in [7, 11) is 0. The Kier molecular flexibility index (Phi) is 3.66. The third kappa shape index (κ3) is 2.38. The average molecular weight is 242 g/mol. The molecule has 2 rings (SSSR count). The molecule has 0 aliphatic carbocycles. The fraction of sp³-hybridized carbons (Fsp3) is 0.467. The lowest BCUT2D eigenvalue weighted by atomic mass is 9.97. The van der Waals surface area contributed by atoms with Crippen molar-refractivity contribution in [1.82, 2.24) is 0 Å². The van der Waals surface area contributed by atoms with Crippen LogP contribution in [0.3, 0.4) is 0 Å². The summed E-state index contributed by atoms with van der Waals surface area (Å²) in [6, 6.07) is 7.99. The van der Waals surface area contributed by atoms with E-state index < -0.39 is 0 Å². The van der Waals surface area contributed by atoms with Gasteiger partial charge < -0.3 is 4.90 Å². The number of hydrogen-bond acceptors (Lipinski definition) is 3. The molecule has 3 nitrogen and oxygen atoms in total. The van der Waals surface area contributed by atoms with Crippen molar-refractivity contribution in [3.63, 3.8) is 0 Å². The van der Waals surface area contributed by atoms with Gasteiger partial charge in [0.15, 0.2) is 5.78 Å². The van der Waals surface area contributed by atoms with Gasteiger partial charge >= 0.3 is 0 Å². The molecule has 94 valence electrons. The number of nitriles is 1. The molecule has 0 spiro atoms. The van der Waals surface area contributed by atoms with Gasteiger partial charge in [-0.05, 0) is 56.9 Å². The minimum atomic E-state index is 0.00563. The number of rotatable bonds is 2. The van der Waals surface area contributed by atoms with Crippen LogP contribution in [0.25, 0.3) is 0 Å². The molecule has 3 heteroatoms. The Bertz CT molecular complexity index is 502. The predicted octanol–water partition coefficient (Wildman–Crippen LogP) is 2.81. The van der Waals surface area contributed by atoms with E-state index in [-0.39, 0.29) is 11.8 Å². The topological polar surface area (TPSA) is 44.1 Å². The quantitative estimate of drug-likeness (QED) is 0.801. The number of ketones is 1. The molecule has 1 fully saturated rings. The average Bonchev–Trinajstić information content (AvgIpc) is 2.38. The summed E-state index contributed by atoms with van der Waals surface area (Å²) >= 11 is 0. The highest BCUT2D eigenvalue weighted by atomic mass is 16.1. The second-order valence-corrected chi connectivity index (χ2v) is 4.93. The van der Waals surface area contributed by atoms with Gasteiger partial charge in [0.25, 0.3) is 0 Å². The fourth-order valence-corrected chi connectivity index (χ4v) is 2.62. The summed E-state index contributed by atoms with van der Waals surface area (Å²) in [5, 5.41) is 8.94. The molecule has 18 heavy (non-hydrogen) atoms. The van der Waals surface area contributed by atoms with Crippen LogP contribution in [0.4, 0.5) is 5.69 Å². The van der Waals surface area contributed by atoms with Crippen LogP contribution >= 0.6 is 0 Å². The minimum Gasteiger partial charge on any atom is -0.361 e. The van der Waals surface area contributed by atoms with Crippen LogP contribution in [0, 0.1) is 18.3 Å². The zero-order valence-corrected chi connectivity index (χ0v) is 10.9. The number of anilines is 1. The first-order chi connectivity index (χ1) is 8.63. The molecular formula is C15H18N2O. The lowest BCUT2D eigenvalue weighted by Crippen LogP contribution is -2.43. The second-order valence-electron chi connectivity index (χ2n) is 4.93. The lowest BCUT2D eigenvalue weighted by molar-refractivity contribution is -0.118. The molecule has 0 aromatic heterocycles. The molecular weight excluding hydrogens is 224 g/mol. The maximum absolute atomic E-state index is 11.7. The van der Waals surface area contributed by atoms with Crippen LogP contribution in [0.1, 0.15) is 37.3 Å². The highest BCUT2D eigenvalue weighted by Gasteiger charge is 2.26. The summed E-state index contributed by atoms with van der Waals surface area (Å²) in [5.74, 6) is 0.233. The molecule has 0 bridgehead atoms. The third-order valence-corrected chi connectivity index (χ3v) is 3.63. The van der Waals surface area contributed by atoms with E-state index in [4.69, 9.17) is 5.26 Å². The van der Waals surface area contributed by atoms with Crippen LogP contribution < -0.4 is 4.90 Å². The SMILES string of the molecule is CC(=O)C1CCCCN1c1ccc(C#N)c(C)c1. The van der Waals surface area contributed by atoms with E-state index in [1.54, 1.807) is 6.92 Å². The summed E-state index contributed by atoms with van der Waals surface area (Å²) in [6.45, 7) is 4.53. The number of carbonyl (C=O) groups excluding carboxylic acids is 1. The van der Waals surface area contributed by atoms with Crippen molar-refractivity contribution in [2.45, 2.75) is 39.2 Å². The number of carbonyl (C=O) groups is 1. The van der Waals surface area contributed by atoms with Crippen molar-refractivity contribution >= 4 is 11.5 Å². The molecule has 1 heterocycles. The van der Waals surface area contributed by atoms with E-state index in [1.165, 1.54) is 0 Å². The van der Waals surface area contributed by atoms with Crippen molar-refractivity contribution in [2.75, 3.05) is 11.4 Å². The molecule has 0 N–H and O–H groups in total. The summed E-state index contributed by atoms with van der Waals surface area (Å²) in [4.78, 5) is 13.9. The van der Waals surface area contributed by atoms with Gasteiger partial charge in [-0.2, -0.15) is 5.26 Å². The Hall–Kier alpha value is -1.82. The molecule has 1 aliphatic rings. The van der Waals surface area contributed by atoms with Gasteiger partial charge in [0, 0.05) is 12.2 Å². The number of benzene rings is 1. The number of aryl methyl sites for hydroxylation is 1. The second kappa shape index (κ2) is 5.22. The van der Waals surface area contributed by atoms with Gasteiger partial charge in [0.05, 0.1) is 17.7 Å². The Morgan fingerprint density at radius 2 is 2.22 bits per heavy atom. The molecule has 1 aliphatic heterocycles. The summed E-state index contributed by atoms with van der Waals surface area (Å²) in [5.41, 5.74) is 2.74. The van der Waals surface area contributed by atoms with Crippen molar-refractivity contribution in [2.24, 2.45) is 0 Å². The van der Waals surface area contributed by atoms with Gasteiger partial charge in [0.2, 0.25) is 0 Å². The number of nitrogens with zero attached hydrogens (tertiary/aromatic N) is 2. The summed E-state index contributed by atoms with van der Waals surface area (Å²) < 4.78 is 0. The summed E-state index contributed by atoms with van der Waals surface area (Å²) in [6.07, 6.45) is 3.19. The molecule has 0 radical (unpaired) electrons. The van der Waals surface area contributed by atoms with E-state index in [1.807, 2.05) is 25.1 Å². The first-order valence-electron chi connectivity index (χ1n) is 6.41. The van der Waals surface area contributed by atoms with Crippen LogP contribution in [0.15, 0.2) is 18.2 Å². The minimum absolute atomic E-state index is 0.00563. The van der Waals surface area contributed by atoms with E-state index in [0.29, 0.717) is 5.56 Å². The molecule has 1 unspecified atom stereocenters. The molecule has 0 amide bonds. The monoisotopic (exact) mass is 242 g/mol. The first-order valence-corrected chi connectivity index (χ1v) is 6.41. The Morgan fingerprint density at radius 1 is 1.44 bits per heavy atom. The van der Waals surface area contributed by atoms with Gasteiger partial charge in [-0.25, -0.2) is 0 Å². The Balaban J connectivity index is 2.32. The van der Waals surface area contributed by atoms with Crippen molar-refractivity contribution in [3.05, 3.63) is 29.3 Å². The van der Waals surface area contributed by atoms with Crippen molar-refractivity contribution in [3.8, 4) is 6.07 Å². The Morgan fingerprint density at radius 3 is 2.83 bits per heavy atom. The molecule has 1 atom stereocenters. The third-order valence-electron chi connectivity index (χ3n) is 3.63. The van der Waals surface area contributed by atoms with Crippen LogP contribution in [0.2, 0.25) is 0 Å². The number of Topliss-reactive ketones (excluding diaryl/α,β-unsaturated/α-hetero) is 1. The number of hydrogen-bond donors (Lipinski definition) is 0. The van der Waals surface area contributed by atoms with Gasteiger partial charge in [-0.1, -0.05) is 0 Å². The lowest BCUT2D eigenvalue weighted by Gasteiger charge is -2.36. The van der Waals surface area contributed by atoms with E-state index in [2.05, 4.69) is 11.0 Å². The van der Waals surface area contributed by atoms with Crippen LogP contribution in [-0.2, 0) is 4.79 Å². The standard InChI is InChI=1S/C15H18N2O/c1-11-9-14(7-6-13(11)10-16)17-8-4-3-5-15(17)12(2)18/h6-7,9,15H,3-5,8H2,1-2H3. The van der Waals surface area contributed by atoms with Crippen LogP contribution in [-0.4, -0.2) is 18.4 Å². The van der Waals surface area contributed by atoms with Gasteiger partial charge in [-0.3, -0.25) is 4.79 Å². The zero-order chi connectivity index (χ0) is 13.1. The van der Waals surface area contributed by atoms with Gasteiger partial charge in [0.1, 0.15) is 0 Å². The highest BCUT2D eigenvalue weighted by Crippen LogP contribution is 2.27. The van der Waals surface area contributed by atoms with Crippen molar-refractivity contribution < 1.29 is 4.79 Å². The maximum Gasteiger partial charge on any atom is 0.152 e. The zero-order valence-electron chi connectivity index (χ0n) is 10.9. The fourth-order valence-electron chi connectivity index (χ4n) is 2.62. The largest absolute Gasteiger partial charge is 0.361 e. The van der Waals surface area contributed by atoms with E-state index in [9.17, 15) is 4.79 Å². The smallest absolute Gasteiger partial charge is 0.152 e.